The lowest BCUT2D eigenvalue weighted by atomic mass is 9.94. The van der Waals surface area contributed by atoms with Crippen molar-refractivity contribution in [3.8, 4) is 0 Å². The van der Waals surface area contributed by atoms with Crippen LogP contribution < -0.4 is 0 Å². The minimum Gasteiger partial charge on any atom is -0.328 e. The van der Waals surface area contributed by atoms with Crippen LogP contribution in [0.3, 0.4) is 0 Å². The molecule has 3 fully saturated rings. The Morgan fingerprint density at radius 1 is 1.00 bits per heavy atom. The van der Waals surface area contributed by atoms with Gasteiger partial charge in [0.2, 0.25) is 5.79 Å². The molecule has 3 rings (SSSR count). The second-order valence-electron chi connectivity index (χ2n) is 5.67. The van der Waals surface area contributed by atoms with E-state index in [2.05, 4.69) is 0 Å². The lowest BCUT2D eigenvalue weighted by molar-refractivity contribution is -0.437. The molecule has 2 aliphatic heterocycles. The zero-order valence-electron chi connectivity index (χ0n) is 12.2. The molecule has 1 spiro atoms. The van der Waals surface area contributed by atoms with Crippen molar-refractivity contribution < 1.29 is 33.8 Å². The van der Waals surface area contributed by atoms with Crippen molar-refractivity contribution >= 4 is 0 Å². The van der Waals surface area contributed by atoms with Crippen molar-refractivity contribution in [2.24, 2.45) is 0 Å². The summed E-state index contributed by atoms with van der Waals surface area (Å²) in [6.45, 7) is 4.79. The van der Waals surface area contributed by atoms with Gasteiger partial charge in [-0.3, -0.25) is 4.74 Å². The molecule has 2 saturated heterocycles. The third-order valence-corrected chi connectivity index (χ3v) is 4.08. The van der Waals surface area contributed by atoms with Crippen LogP contribution in [0.5, 0.6) is 0 Å². The Kier molecular flexibility index (Phi) is 3.79. The number of hydrogen-bond acceptors (Lipinski definition) is 7. The molecule has 0 N–H and O–H groups in total. The van der Waals surface area contributed by atoms with Crippen LogP contribution in [0.15, 0.2) is 0 Å². The highest BCUT2D eigenvalue weighted by Gasteiger charge is 2.65. The summed E-state index contributed by atoms with van der Waals surface area (Å²) in [4.78, 5) is 21.2. The molecular formula is C13H22O7. The van der Waals surface area contributed by atoms with Gasteiger partial charge in [-0.05, 0) is 33.6 Å². The second kappa shape index (κ2) is 5.17. The zero-order valence-corrected chi connectivity index (χ0v) is 12.2. The molecule has 0 amide bonds. The summed E-state index contributed by atoms with van der Waals surface area (Å²) in [6.07, 6.45) is 4.89. The molecule has 0 aromatic heterocycles. The van der Waals surface area contributed by atoms with Gasteiger partial charge >= 0.3 is 6.48 Å². The first-order chi connectivity index (χ1) is 9.51. The van der Waals surface area contributed by atoms with E-state index >= 15 is 0 Å². The minimum absolute atomic E-state index is 0.447. The molecule has 0 bridgehead atoms. The summed E-state index contributed by atoms with van der Waals surface area (Å²) in [5.41, 5.74) is 0. The van der Waals surface area contributed by atoms with E-state index in [1.54, 1.807) is 13.8 Å². The maximum Gasteiger partial charge on any atom is 0.304 e. The largest absolute Gasteiger partial charge is 0.328 e. The van der Waals surface area contributed by atoms with E-state index in [1.807, 2.05) is 6.92 Å². The maximum absolute atomic E-state index is 6.06. The molecule has 7 nitrogen and oxygen atoms in total. The van der Waals surface area contributed by atoms with Crippen LogP contribution in [0.2, 0.25) is 0 Å². The molecule has 3 aliphatic rings. The fourth-order valence-corrected chi connectivity index (χ4v) is 2.72. The van der Waals surface area contributed by atoms with Gasteiger partial charge in [0.1, 0.15) is 0 Å². The molecule has 0 radical (unpaired) electrons. The van der Waals surface area contributed by atoms with Crippen LogP contribution in [0.25, 0.3) is 0 Å². The zero-order chi connectivity index (χ0) is 14.3. The number of hydrogen-bond donors (Lipinski definition) is 0. The first kappa shape index (κ1) is 14.6. The quantitative estimate of drug-likeness (QED) is 0.739. The summed E-state index contributed by atoms with van der Waals surface area (Å²) in [5, 5.41) is 0. The van der Waals surface area contributed by atoms with Crippen LogP contribution in [-0.4, -0.2) is 30.4 Å². The Morgan fingerprint density at radius 3 is 2.45 bits per heavy atom. The maximum atomic E-state index is 6.06. The highest BCUT2D eigenvalue weighted by atomic mass is 17.4. The normalized spacial score (nSPS) is 44.2. The predicted molar refractivity (Wildman–Crippen MR) is 64.6 cm³/mol. The van der Waals surface area contributed by atoms with Gasteiger partial charge in [-0.2, -0.15) is 19.6 Å². The molecule has 3 atom stereocenters. The van der Waals surface area contributed by atoms with E-state index in [0.717, 1.165) is 25.7 Å². The van der Waals surface area contributed by atoms with Crippen molar-refractivity contribution in [1.29, 1.82) is 0 Å². The molecule has 1 unspecified atom stereocenters. The summed E-state index contributed by atoms with van der Waals surface area (Å²) >= 11 is 0. The van der Waals surface area contributed by atoms with E-state index in [-0.39, 0.29) is 0 Å². The predicted octanol–water partition coefficient (Wildman–Crippen LogP) is 2.36. The third-order valence-electron chi connectivity index (χ3n) is 4.08. The third kappa shape index (κ3) is 2.37. The molecule has 7 heteroatoms. The van der Waals surface area contributed by atoms with Crippen molar-refractivity contribution in [3.05, 3.63) is 0 Å². The average Bonchev–Trinajstić information content (AvgIpc) is 2.96. The van der Waals surface area contributed by atoms with Crippen LogP contribution in [0.1, 0.15) is 52.9 Å². The Bertz CT molecular complexity index is 357. The molecule has 1 aliphatic carbocycles. The van der Waals surface area contributed by atoms with Gasteiger partial charge in [-0.15, -0.1) is 0 Å². The fourth-order valence-electron chi connectivity index (χ4n) is 2.72. The Balaban J connectivity index is 1.70. The lowest BCUT2D eigenvalue weighted by Gasteiger charge is -2.35. The Labute approximate surface area is 118 Å². The monoisotopic (exact) mass is 290 g/mol. The van der Waals surface area contributed by atoms with E-state index in [4.69, 9.17) is 33.8 Å². The first-order valence-electron chi connectivity index (χ1n) is 7.22. The molecule has 2 heterocycles. The molecule has 0 aromatic rings. The van der Waals surface area contributed by atoms with Gasteiger partial charge in [-0.25, -0.2) is 0 Å². The highest BCUT2D eigenvalue weighted by Crippen LogP contribution is 2.49. The molecule has 20 heavy (non-hydrogen) atoms. The van der Waals surface area contributed by atoms with Gasteiger partial charge in [0.25, 0.3) is 11.6 Å². The Hall–Kier alpha value is -0.280. The smallest absolute Gasteiger partial charge is 0.304 e. The van der Waals surface area contributed by atoms with Gasteiger partial charge in [0, 0.05) is 19.4 Å². The van der Waals surface area contributed by atoms with Crippen LogP contribution >= 0.6 is 0 Å². The topological polar surface area (TPSA) is 64.6 Å². The van der Waals surface area contributed by atoms with Gasteiger partial charge < -0.3 is 9.47 Å². The average molecular weight is 290 g/mol. The van der Waals surface area contributed by atoms with Crippen molar-refractivity contribution in [1.82, 2.24) is 0 Å². The fraction of sp³-hybridized carbons (Fsp3) is 1.00. The molecule has 0 aromatic carbocycles. The van der Waals surface area contributed by atoms with E-state index in [9.17, 15) is 0 Å². The SMILES string of the molecule is CCOC1OO[C@@](C)([C@]2(C)OOC3(CCCCC3)O2)O1. The van der Waals surface area contributed by atoms with E-state index in [0.29, 0.717) is 6.61 Å². The summed E-state index contributed by atoms with van der Waals surface area (Å²) < 4.78 is 16.9. The standard InChI is InChI=1S/C13H22O7/c1-4-14-10-15-11(2,18-16-10)12(3)17-13(20-19-12)8-6-5-7-9-13/h10H,4-9H2,1-3H3/t10?,11-,12-/m0/s1. The summed E-state index contributed by atoms with van der Waals surface area (Å²) in [6, 6.07) is 0. The highest BCUT2D eigenvalue weighted by molar-refractivity contribution is 4.89. The van der Waals surface area contributed by atoms with Crippen molar-refractivity contribution in [2.75, 3.05) is 6.61 Å². The first-order valence-corrected chi connectivity index (χ1v) is 7.22. The van der Waals surface area contributed by atoms with Gasteiger partial charge in [0.05, 0.1) is 0 Å². The molecule has 1 saturated carbocycles. The lowest BCUT2D eigenvalue weighted by Crippen LogP contribution is -2.53. The van der Waals surface area contributed by atoms with Crippen LogP contribution in [0.4, 0.5) is 0 Å². The van der Waals surface area contributed by atoms with E-state index in [1.165, 1.54) is 6.42 Å². The number of rotatable bonds is 3. The second-order valence-corrected chi connectivity index (χ2v) is 5.67. The molecule has 116 valence electrons. The minimum atomic E-state index is -1.26. The van der Waals surface area contributed by atoms with Crippen LogP contribution in [-0.2, 0) is 33.8 Å². The van der Waals surface area contributed by atoms with Crippen molar-refractivity contribution in [3.63, 3.8) is 0 Å². The Morgan fingerprint density at radius 2 is 1.75 bits per heavy atom. The van der Waals surface area contributed by atoms with Gasteiger partial charge in [0.15, 0.2) is 0 Å². The van der Waals surface area contributed by atoms with Gasteiger partial charge in [-0.1, -0.05) is 6.42 Å². The van der Waals surface area contributed by atoms with Crippen LogP contribution in [0, 0.1) is 0 Å². The van der Waals surface area contributed by atoms with Crippen molar-refractivity contribution in [2.45, 2.75) is 76.7 Å². The molecular weight excluding hydrogens is 268 g/mol. The summed E-state index contributed by atoms with van der Waals surface area (Å²) in [7, 11) is 0. The number of ether oxygens (including phenoxy) is 3. The summed E-state index contributed by atoms with van der Waals surface area (Å²) in [5.74, 6) is -3.17. The van der Waals surface area contributed by atoms with E-state index < -0.39 is 23.8 Å².